The Morgan fingerprint density at radius 3 is 1.81 bits per heavy atom. The molecule has 0 spiro atoms. The van der Waals surface area contributed by atoms with Gasteiger partial charge in [-0.2, -0.15) is 0 Å². The molecule has 0 bridgehead atoms. The zero-order valence-electron chi connectivity index (χ0n) is 21.5. The van der Waals surface area contributed by atoms with Crippen LogP contribution in [0.1, 0.15) is 34.1 Å². The second kappa shape index (κ2) is 20.2. The smallest absolute Gasteiger partial charge is 0.329 e. The Balaban J connectivity index is 0.00000300. The number of ether oxygens (including phenoxy) is 8. The van der Waals surface area contributed by atoms with E-state index in [9.17, 15) is 24.0 Å². The predicted octanol–water partition coefficient (Wildman–Crippen LogP) is -0.829. The monoisotopic (exact) mass is 539 g/mol. The lowest BCUT2D eigenvalue weighted by Crippen LogP contribution is -2.54. The lowest BCUT2D eigenvalue weighted by molar-refractivity contribution is -0.267. The molecule has 0 aromatic carbocycles. The first-order chi connectivity index (χ1) is 17.4. The van der Waals surface area contributed by atoms with Crippen LogP contribution in [0, 0.1) is 0 Å². The number of nitrogens with two attached hydrogens (primary N) is 1. The van der Waals surface area contributed by atoms with E-state index in [0.29, 0.717) is 6.61 Å². The van der Waals surface area contributed by atoms with E-state index in [-0.39, 0.29) is 58.6 Å². The van der Waals surface area contributed by atoms with E-state index < -0.39 is 48.5 Å². The highest BCUT2D eigenvalue weighted by Crippen LogP contribution is 2.27. The lowest BCUT2D eigenvalue weighted by atomic mass is 10.0. The molecule has 1 amide bonds. The van der Waals surface area contributed by atoms with Crippen LogP contribution in [0.15, 0.2) is 0 Å². The van der Waals surface area contributed by atoms with Gasteiger partial charge in [0.25, 0.3) is 0 Å². The maximum absolute atomic E-state index is 11.5. The third-order valence-corrected chi connectivity index (χ3v) is 4.06. The van der Waals surface area contributed by atoms with Crippen LogP contribution in [0.5, 0.6) is 0 Å². The molecule has 214 valence electrons. The Kier molecular flexibility index (Phi) is 18.7. The average Bonchev–Trinajstić information content (AvgIpc) is 2.76. The van der Waals surface area contributed by atoms with Gasteiger partial charge in [0.2, 0.25) is 5.91 Å². The normalized spacial score (nSPS) is 20.6. The maximum Gasteiger partial charge on any atom is 0.329 e. The van der Waals surface area contributed by atoms with Gasteiger partial charge in [0, 0.05) is 34.1 Å². The molecule has 0 saturated carbocycles. The van der Waals surface area contributed by atoms with Gasteiger partial charge in [-0.25, -0.2) is 4.79 Å². The molecule has 1 aliphatic heterocycles. The first kappa shape index (κ1) is 34.1. The molecule has 1 fully saturated rings. The van der Waals surface area contributed by atoms with E-state index in [0.717, 1.165) is 0 Å². The van der Waals surface area contributed by atoms with Crippen LogP contribution in [0.2, 0.25) is 0 Å². The third-order valence-electron chi connectivity index (χ3n) is 4.06. The number of carboxylic acid groups (broad SMARTS) is 1. The molecular weight excluding hydrogens is 502 g/mol. The summed E-state index contributed by atoms with van der Waals surface area (Å²) in [5.74, 6) is -3.09. The number of aliphatic carboxylic acids is 1. The van der Waals surface area contributed by atoms with E-state index in [1.807, 2.05) is 0 Å². The van der Waals surface area contributed by atoms with E-state index in [2.05, 4.69) is 5.73 Å². The summed E-state index contributed by atoms with van der Waals surface area (Å²) in [4.78, 5) is 53.7. The molecule has 1 aliphatic rings. The molecule has 15 heteroatoms. The molecule has 4 atom stereocenters. The fraction of sp³-hybridized carbons (Fsp3) is 0.773. The molecule has 3 N–H and O–H groups in total. The average molecular weight is 540 g/mol. The first-order valence-electron chi connectivity index (χ1n) is 11.4. The van der Waals surface area contributed by atoms with Crippen molar-refractivity contribution >= 4 is 29.8 Å². The number of esters is 3. The molecule has 1 saturated heterocycles. The van der Waals surface area contributed by atoms with Crippen LogP contribution in [-0.2, 0) is 61.9 Å². The van der Waals surface area contributed by atoms with Crippen LogP contribution in [0.4, 0.5) is 0 Å². The van der Waals surface area contributed by atoms with Crippen molar-refractivity contribution in [2.75, 3.05) is 52.9 Å². The summed E-state index contributed by atoms with van der Waals surface area (Å²) in [6.45, 7) is 5.74. The second-order valence-electron chi connectivity index (χ2n) is 7.52. The van der Waals surface area contributed by atoms with Crippen LogP contribution >= 0.6 is 0 Å². The summed E-state index contributed by atoms with van der Waals surface area (Å²) >= 11 is 0. The Labute approximate surface area is 214 Å². The molecule has 15 nitrogen and oxygen atoms in total. The molecule has 0 aromatic rings. The number of hydrogen-bond acceptors (Lipinski definition) is 13. The highest BCUT2D eigenvalue weighted by atomic mass is 16.7. The molecule has 1 heterocycles. The van der Waals surface area contributed by atoms with E-state index in [1.165, 1.54) is 27.7 Å². The minimum absolute atomic E-state index is 0.105. The molecule has 0 radical (unpaired) electrons. The van der Waals surface area contributed by atoms with Gasteiger partial charge in [-0.05, 0) is 0 Å². The number of carboxylic acids is 1. The summed E-state index contributed by atoms with van der Waals surface area (Å²) in [7, 11) is 0. The van der Waals surface area contributed by atoms with Gasteiger partial charge in [0.15, 0.2) is 12.4 Å². The van der Waals surface area contributed by atoms with Crippen molar-refractivity contribution in [1.29, 1.82) is 0 Å². The molecule has 0 aromatic heterocycles. The molecule has 1 rings (SSSR count). The number of primary amides is 1. The van der Waals surface area contributed by atoms with Gasteiger partial charge in [0.05, 0.1) is 39.6 Å². The van der Waals surface area contributed by atoms with Crippen molar-refractivity contribution in [3.63, 3.8) is 0 Å². The van der Waals surface area contributed by atoms with Crippen molar-refractivity contribution in [1.82, 2.24) is 0 Å². The van der Waals surface area contributed by atoms with Gasteiger partial charge in [0.1, 0.15) is 25.4 Å². The van der Waals surface area contributed by atoms with E-state index >= 15 is 0 Å². The fourth-order valence-electron chi connectivity index (χ4n) is 2.84. The van der Waals surface area contributed by atoms with Crippen LogP contribution in [0.25, 0.3) is 0 Å². The quantitative estimate of drug-likeness (QED) is 0.140. The van der Waals surface area contributed by atoms with Gasteiger partial charge >= 0.3 is 23.9 Å². The first-order valence-corrected chi connectivity index (χ1v) is 11.4. The molecule has 0 aliphatic carbocycles. The number of carbonyl (C=O) groups is 5. The lowest BCUT2D eigenvalue weighted by Gasteiger charge is -2.39. The summed E-state index contributed by atoms with van der Waals surface area (Å²) in [6, 6.07) is 0. The molecule has 4 unspecified atom stereocenters. The minimum Gasteiger partial charge on any atom is -0.480 e. The van der Waals surface area contributed by atoms with Crippen molar-refractivity contribution in [2.45, 2.75) is 58.7 Å². The van der Waals surface area contributed by atoms with Crippen LogP contribution in [-0.4, -0.2) is 112 Å². The van der Waals surface area contributed by atoms with Crippen molar-refractivity contribution < 1.29 is 67.0 Å². The Morgan fingerprint density at radius 2 is 1.32 bits per heavy atom. The number of hydrogen-bond donors (Lipinski definition) is 2. The SMILES string of the molecule is CC(=O)OCC1OC(OCCOCCOCCOCC(=O)O)CC(OC(C)=O)C1OC(C)=O.CC(N)=O. The zero-order valence-corrected chi connectivity index (χ0v) is 21.5. The molecular formula is C22H37NO14. The fourth-order valence-corrected chi connectivity index (χ4v) is 2.84. The van der Waals surface area contributed by atoms with E-state index in [4.69, 9.17) is 43.0 Å². The molecule has 37 heavy (non-hydrogen) atoms. The topological polar surface area (TPSA) is 205 Å². The van der Waals surface area contributed by atoms with Gasteiger partial charge in [-0.15, -0.1) is 0 Å². The second-order valence-corrected chi connectivity index (χ2v) is 7.52. The van der Waals surface area contributed by atoms with Crippen molar-refractivity contribution in [2.24, 2.45) is 5.73 Å². The Morgan fingerprint density at radius 1 is 0.811 bits per heavy atom. The van der Waals surface area contributed by atoms with Gasteiger partial charge in [-0.1, -0.05) is 0 Å². The highest BCUT2D eigenvalue weighted by molar-refractivity contribution is 5.70. The number of rotatable bonds is 16. The van der Waals surface area contributed by atoms with E-state index in [1.54, 1.807) is 0 Å². The maximum atomic E-state index is 11.5. The zero-order chi connectivity index (χ0) is 28.2. The third kappa shape index (κ3) is 20.0. The standard InChI is InChI=1S/C20H32O13.C2H5NO/c1-13(21)30-11-17-20(32-15(3)23)16(31-14(2)22)10-19(33-17)29-9-8-27-5-4-26-6-7-28-12-18(24)25;1-2(3)4/h16-17,19-20H,4-12H2,1-3H3,(H,24,25);1H3,(H2,3,4). The highest BCUT2D eigenvalue weighted by Gasteiger charge is 2.44. The van der Waals surface area contributed by atoms with Crippen molar-refractivity contribution in [3.05, 3.63) is 0 Å². The van der Waals surface area contributed by atoms with Gasteiger partial charge in [-0.3, -0.25) is 19.2 Å². The predicted molar refractivity (Wildman–Crippen MR) is 122 cm³/mol. The summed E-state index contributed by atoms with van der Waals surface area (Å²) in [6.07, 6.45) is -3.40. The summed E-state index contributed by atoms with van der Waals surface area (Å²) in [5, 5.41) is 8.43. The Hall–Kier alpha value is -2.85. The van der Waals surface area contributed by atoms with Crippen molar-refractivity contribution in [3.8, 4) is 0 Å². The van der Waals surface area contributed by atoms with Gasteiger partial charge < -0.3 is 48.7 Å². The number of amides is 1. The summed E-state index contributed by atoms with van der Waals surface area (Å²) in [5.41, 5.74) is 4.47. The van der Waals surface area contributed by atoms with Crippen LogP contribution < -0.4 is 5.73 Å². The van der Waals surface area contributed by atoms with Crippen LogP contribution in [0.3, 0.4) is 0 Å². The minimum atomic E-state index is -1.04. The largest absolute Gasteiger partial charge is 0.480 e. The Bertz CT molecular complexity index is 711. The number of carbonyl (C=O) groups excluding carboxylic acids is 4. The summed E-state index contributed by atoms with van der Waals surface area (Å²) < 4.78 is 42.3.